The average molecular weight is 308 g/mol. The molecule has 0 spiro atoms. The number of benzene rings is 3. The average Bonchev–Trinajstić information content (AvgIpc) is 2.57. The van der Waals surface area contributed by atoms with E-state index in [1.54, 1.807) is 24.3 Å². The lowest BCUT2D eigenvalue weighted by Crippen LogP contribution is -2.07. The molecule has 1 unspecified atom stereocenters. The van der Waals surface area contributed by atoms with Crippen LogP contribution in [-0.2, 0) is 0 Å². The summed E-state index contributed by atoms with van der Waals surface area (Å²) >= 11 is 0. The second-order valence-electron chi connectivity index (χ2n) is 4.62. The Morgan fingerprint density at radius 3 is 1.45 bits per heavy atom. The number of carboxylic acid groups (broad SMARTS) is 1. The molecule has 1 N–H and O–H groups in total. The molecule has 2 nitrogen and oxygen atoms in total. The van der Waals surface area contributed by atoms with Crippen molar-refractivity contribution in [2.75, 3.05) is 0 Å². The molecule has 22 heavy (non-hydrogen) atoms. The second kappa shape index (κ2) is 8.11. The second-order valence-corrected chi connectivity index (χ2v) is 5.25. The zero-order valence-electron chi connectivity index (χ0n) is 12.0. The van der Waals surface area contributed by atoms with Gasteiger partial charge in [0.05, 0.1) is 5.56 Å². The monoisotopic (exact) mass is 308 g/mol. The first kappa shape index (κ1) is 15.9. The predicted octanol–water partition coefficient (Wildman–Crippen LogP) is 4.24. The fraction of sp³-hybridized carbons (Fsp3) is 0. The van der Waals surface area contributed by atoms with Gasteiger partial charge in [-0.2, -0.15) is 0 Å². The maximum atomic E-state index is 10.4. The minimum absolute atomic E-state index is 0.340. The van der Waals surface area contributed by atoms with Gasteiger partial charge in [-0.1, -0.05) is 78.9 Å². The Morgan fingerprint density at radius 1 is 0.682 bits per heavy atom. The summed E-state index contributed by atoms with van der Waals surface area (Å²) in [6.45, 7) is 0. The normalized spacial score (nSPS) is 9.50. The molecular weight excluding hydrogens is 291 g/mol. The largest absolute Gasteiger partial charge is 0.478 e. The summed E-state index contributed by atoms with van der Waals surface area (Å²) in [6.07, 6.45) is 0. The number of aromatic carboxylic acids is 1. The lowest BCUT2D eigenvalue weighted by atomic mass is 10.1. The van der Waals surface area contributed by atoms with Crippen molar-refractivity contribution in [3.05, 3.63) is 90.5 Å². The van der Waals surface area contributed by atoms with Gasteiger partial charge in [-0.3, -0.25) is 0 Å². The maximum absolute atomic E-state index is 10.4. The predicted molar refractivity (Wildman–Crippen MR) is 94.6 cm³/mol. The molecule has 0 saturated heterocycles. The topological polar surface area (TPSA) is 37.3 Å². The van der Waals surface area contributed by atoms with Gasteiger partial charge in [0.1, 0.15) is 0 Å². The molecule has 0 aliphatic heterocycles. The highest BCUT2D eigenvalue weighted by Gasteiger charge is 2.03. The number of rotatable bonds is 2. The van der Waals surface area contributed by atoms with E-state index in [2.05, 4.69) is 57.8 Å². The molecule has 0 heterocycles. The summed E-state index contributed by atoms with van der Waals surface area (Å²) in [7, 11) is 2.37. The molecule has 0 aliphatic carbocycles. The standard InChI is InChI=1S/C12H10.C7H7O2P/c1-3-7-11(8-4-1)12-9-5-2-6-10-12;8-7(9)5-3-1-2-4-6(5)10/h1-10H;1-4H,10H2,(H,8,9). The first-order valence-corrected chi connectivity index (χ1v) is 7.44. The summed E-state index contributed by atoms with van der Waals surface area (Å²) in [5.74, 6) is -0.884. The third-order valence-corrected chi connectivity index (χ3v) is 3.58. The van der Waals surface area contributed by atoms with Gasteiger partial charge < -0.3 is 5.11 Å². The Morgan fingerprint density at radius 2 is 1.09 bits per heavy atom. The minimum Gasteiger partial charge on any atom is -0.478 e. The summed E-state index contributed by atoms with van der Waals surface area (Å²) in [4.78, 5) is 10.4. The van der Waals surface area contributed by atoms with Crippen LogP contribution in [0.5, 0.6) is 0 Å². The van der Waals surface area contributed by atoms with Crippen LogP contribution in [-0.4, -0.2) is 11.1 Å². The van der Waals surface area contributed by atoms with Crippen molar-refractivity contribution in [1.82, 2.24) is 0 Å². The van der Waals surface area contributed by atoms with E-state index >= 15 is 0 Å². The van der Waals surface area contributed by atoms with E-state index in [0.717, 1.165) is 5.30 Å². The molecule has 0 amide bonds. The molecule has 3 aromatic rings. The third kappa shape index (κ3) is 4.54. The van der Waals surface area contributed by atoms with Crippen molar-refractivity contribution >= 4 is 20.5 Å². The van der Waals surface area contributed by atoms with E-state index in [1.165, 1.54) is 11.1 Å². The first-order chi connectivity index (χ1) is 10.7. The summed E-state index contributed by atoms with van der Waals surface area (Å²) < 4.78 is 0. The van der Waals surface area contributed by atoms with Crippen LogP contribution in [0.2, 0.25) is 0 Å². The molecule has 3 aromatic carbocycles. The van der Waals surface area contributed by atoms with Gasteiger partial charge in [-0.05, 0) is 22.5 Å². The highest BCUT2D eigenvalue weighted by atomic mass is 31.0. The van der Waals surface area contributed by atoms with Gasteiger partial charge in [0.2, 0.25) is 0 Å². The maximum Gasteiger partial charge on any atom is 0.336 e. The number of carboxylic acids is 1. The van der Waals surface area contributed by atoms with Crippen molar-refractivity contribution in [3.63, 3.8) is 0 Å². The molecule has 1 atom stereocenters. The fourth-order valence-electron chi connectivity index (χ4n) is 1.95. The lowest BCUT2D eigenvalue weighted by molar-refractivity contribution is 0.0698. The Bertz CT molecular complexity index is 687. The molecular formula is C19H17O2P. The Kier molecular flexibility index (Phi) is 5.88. The van der Waals surface area contributed by atoms with Crippen LogP contribution in [0, 0.1) is 0 Å². The molecule has 3 rings (SSSR count). The lowest BCUT2D eigenvalue weighted by Gasteiger charge is -1.98. The Balaban J connectivity index is 0.000000164. The molecule has 110 valence electrons. The SMILES string of the molecule is O=C(O)c1ccccc1P.c1ccc(-c2ccccc2)cc1. The van der Waals surface area contributed by atoms with E-state index in [1.807, 2.05) is 12.1 Å². The molecule has 0 aliphatic rings. The number of carbonyl (C=O) groups is 1. The Hall–Kier alpha value is -2.44. The van der Waals surface area contributed by atoms with Gasteiger partial charge in [-0.15, -0.1) is 9.24 Å². The minimum atomic E-state index is -0.884. The van der Waals surface area contributed by atoms with Crippen LogP contribution in [0.25, 0.3) is 11.1 Å². The van der Waals surface area contributed by atoms with E-state index in [4.69, 9.17) is 5.11 Å². The fourth-order valence-corrected chi connectivity index (χ4v) is 2.28. The van der Waals surface area contributed by atoms with Gasteiger partial charge in [0.25, 0.3) is 0 Å². The van der Waals surface area contributed by atoms with Crippen LogP contribution >= 0.6 is 9.24 Å². The molecule has 0 aromatic heterocycles. The highest BCUT2D eigenvalue weighted by Crippen LogP contribution is 2.17. The zero-order valence-corrected chi connectivity index (χ0v) is 13.2. The van der Waals surface area contributed by atoms with Gasteiger partial charge in [0, 0.05) is 0 Å². The number of hydrogen-bond donors (Lipinski definition) is 1. The molecule has 0 radical (unpaired) electrons. The van der Waals surface area contributed by atoms with Crippen LogP contribution < -0.4 is 5.30 Å². The molecule has 3 heteroatoms. The van der Waals surface area contributed by atoms with Gasteiger partial charge in [-0.25, -0.2) is 4.79 Å². The summed E-state index contributed by atoms with van der Waals surface area (Å²) in [5, 5.41) is 9.27. The van der Waals surface area contributed by atoms with Crippen molar-refractivity contribution in [3.8, 4) is 11.1 Å². The smallest absolute Gasteiger partial charge is 0.336 e. The molecule has 0 bridgehead atoms. The zero-order chi connectivity index (χ0) is 15.8. The quantitative estimate of drug-likeness (QED) is 0.719. The Labute approximate surface area is 132 Å². The van der Waals surface area contributed by atoms with Crippen LogP contribution in [0.4, 0.5) is 0 Å². The van der Waals surface area contributed by atoms with E-state index < -0.39 is 5.97 Å². The van der Waals surface area contributed by atoms with E-state index in [-0.39, 0.29) is 0 Å². The van der Waals surface area contributed by atoms with Crippen molar-refractivity contribution < 1.29 is 9.90 Å². The number of hydrogen-bond acceptors (Lipinski definition) is 1. The third-order valence-electron chi connectivity index (χ3n) is 3.07. The van der Waals surface area contributed by atoms with Crippen LogP contribution in [0.15, 0.2) is 84.9 Å². The molecule has 0 saturated carbocycles. The van der Waals surface area contributed by atoms with E-state index in [0.29, 0.717) is 5.56 Å². The summed E-state index contributed by atoms with van der Waals surface area (Å²) in [5.41, 5.74) is 2.89. The first-order valence-electron chi connectivity index (χ1n) is 6.87. The van der Waals surface area contributed by atoms with Crippen molar-refractivity contribution in [2.45, 2.75) is 0 Å². The van der Waals surface area contributed by atoms with Gasteiger partial charge in [0.15, 0.2) is 0 Å². The summed E-state index contributed by atoms with van der Waals surface area (Å²) in [6, 6.07) is 27.6. The van der Waals surface area contributed by atoms with Crippen LogP contribution in [0.3, 0.4) is 0 Å². The van der Waals surface area contributed by atoms with E-state index in [9.17, 15) is 4.79 Å². The highest BCUT2D eigenvalue weighted by molar-refractivity contribution is 7.27. The molecule has 0 fully saturated rings. The van der Waals surface area contributed by atoms with Crippen LogP contribution in [0.1, 0.15) is 10.4 Å². The van der Waals surface area contributed by atoms with Gasteiger partial charge >= 0.3 is 5.97 Å². The van der Waals surface area contributed by atoms with Crippen molar-refractivity contribution in [1.29, 1.82) is 0 Å². The van der Waals surface area contributed by atoms with Crippen molar-refractivity contribution in [2.24, 2.45) is 0 Å².